The lowest BCUT2D eigenvalue weighted by molar-refractivity contribution is -0.159. The number of unbranched alkanes of at least 4 members (excludes halogenated alkanes) is 3. The molecule has 0 saturated heterocycles. The van der Waals surface area contributed by atoms with Gasteiger partial charge in [-0.2, -0.15) is 0 Å². The van der Waals surface area contributed by atoms with Gasteiger partial charge in [0.25, 0.3) is 0 Å². The van der Waals surface area contributed by atoms with Gasteiger partial charge in [0.15, 0.2) is 0 Å². The molecule has 3 rings (SSSR count). The first kappa shape index (κ1) is 40.6. The molecule has 276 valence electrons. The quantitative estimate of drug-likeness (QED) is 0.108. The zero-order valence-electron chi connectivity index (χ0n) is 31.1. The van der Waals surface area contributed by atoms with Gasteiger partial charge >= 0.3 is 12.1 Å². The van der Waals surface area contributed by atoms with Crippen LogP contribution in [0, 0.1) is 0 Å². The maximum absolute atomic E-state index is 14.8. The molecule has 3 aromatic rings. The number of amides is 3. The molecule has 0 spiro atoms. The predicted molar refractivity (Wildman–Crippen MR) is 198 cm³/mol. The highest BCUT2D eigenvalue weighted by Crippen LogP contribution is 2.27. The highest BCUT2D eigenvalue weighted by atomic mass is 16.6. The van der Waals surface area contributed by atoms with Gasteiger partial charge in [-0.15, -0.1) is 0 Å². The molecule has 0 heterocycles. The first-order valence-corrected chi connectivity index (χ1v) is 17.8. The number of phenols is 1. The third-order valence-electron chi connectivity index (χ3n) is 7.87. The van der Waals surface area contributed by atoms with Gasteiger partial charge in [0, 0.05) is 19.4 Å². The average molecular weight is 702 g/mol. The van der Waals surface area contributed by atoms with Crippen LogP contribution >= 0.6 is 0 Å². The first-order chi connectivity index (χ1) is 24.1. The topological polar surface area (TPSA) is 134 Å². The van der Waals surface area contributed by atoms with Crippen LogP contribution in [0.5, 0.6) is 5.75 Å². The van der Waals surface area contributed by atoms with Gasteiger partial charge in [-0.1, -0.05) is 99.0 Å². The number of carbonyl (C=O) groups is 4. The normalized spacial score (nSPS) is 13.3. The second-order valence-electron chi connectivity index (χ2n) is 14.8. The number of aromatic hydroxyl groups is 1. The van der Waals surface area contributed by atoms with Crippen molar-refractivity contribution in [1.29, 1.82) is 0 Å². The second-order valence-corrected chi connectivity index (χ2v) is 14.8. The van der Waals surface area contributed by atoms with Crippen LogP contribution < -0.4 is 10.6 Å². The minimum atomic E-state index is -1.22. The first-order valence-electron chi connectivity index (χ1n) is 17.8. The number of hydrogen-bond acceptors (Lipinski definition) is 7. The lowest BCUT2D eigenvalue weighted by atomic mass is 9.98. The number of nitrogens with one attached hydrogen (secondary N) is 2. The van der Waals surface area contributed by atoms with E-state index in [1.165, 1.54) is 17.0 Å². The van der Waals surface area contributed by atoms with Crippen LogP contribution in [0.25, 0.3) is 0 Å². The summed E-state index contributed by atoms with van der Waals surface area (Å²) in [5.74, 6) is -1.72. The zero-order valence-corrected chi connectivity index (χ0v) is 31.1. The number of phenolic OH excluding ortho intramolecular Hbond substituents is 1. The molecule has 10 nitrogen and oxygen atoms in total. The Bertz CT molecular complexity index is 1550. The van der Waals surface area contributed by atoms with E-state index in [0.717, 1.165) is 30.4 Å². The average Bonchev–Trinajstić information content (AvgIpc) is 3.05. The summed E-state index contributed by atoms with van der Waals surface area (Å²) in [6, 6.07) is 21.3. The Morgan fingerprint density at radius 3 is 1.73 bits per heavy atom. The molecule has 0 aliphatic rings. The SMILES string of the molecule is CCCCCCN(C(=O)C(Cc1ccccc1)NC(=O)OC(C)(C)C)C(C(=O)NC(Cc1ccccc1)C(=O)OC(C)(C)C)c1ccc(O)cc1. The summed E-state index contributed by atoms with van der Waals surface area (Å²) in [5.41, 5.74) is 0.413. The molecule has 3 unspecified atom stereocenters. The van der Waals surface area contributed by atoms with Crippen molar-refractivity contribution >= 4 is 23.9 Å². The van der Waals surface area contributed by atoms with E-state index in [4.69, 9.17) is 9.47 Å². The molecule has 3 atom stereocenters. The largest absolute Gasteiger partial charge is 0.508 e. The Labute approximate surface area is 302 Å². The third-order valence-corrected chi connectivity index (χ3v) is 7.87. The Kier molecular flexibility index (Phi) is 15.1. The van der Waals surface area contributed by atoms with Crippen LogP contribution in [-0.2, 0) is 36.7 Å². The van der Waals surface area contributed by atoms with E-state index in [0.29, 0.717) is 12.0 Å². The molecule has 0 aliphatic heterocycles. The minimum Gasteiger partial charge on any atom is -0.508 e. The van der Waals surface area contributed by atoms with Gasteiger partial charge in [0.1, 0.15) is 35.1 Å². The molecule has 0 aromatic heterocycles. The highest BCUT2D eigenvalue weighted by molar-refractivity contribution is 5.94. The molecule has 0 saturated carbocycles. The van der Waals surface area contributed by atoms with E-state index >= 15 is 0 Å². The van der Waals surface area contributed by atoms with Crippen LogP contribution in [0.4, 0.5) is 4.79 Å². The molecule has 3 aromatic carbocycles. The van der Waals surface area contributed by atoms with E-state index < -0.39 is 53.2 Å². The summed E-state index contributed by atoms with van der Waals surface area (Å²) in [7, 11) is 0. The molecular weight excluding hydrogens is 646 g/mol. The lowest BCUT2D eigenvalue weighted by Gasteiger charge is -2.35. The van der Waals surface area contributed by atoms with Crippen molar-refractivity contribution in [2.45, 2.75) is 116 Å². The van der Waals surface area contributed by atoms with Gasteiger partial charge in [-0.25, -0.2) is 9.59 Å². The Hall–Kier alpha value is -4.86. The van der Waals surface area contributed by atoms with Crippen LogP contribution in [0.15, 0.2) is 84.9 Å². The van der Waals surface area contributed by atoms with Gasteiger partial charge < -0.3 is 30.1 Å². The summed E-state index contributed by atoms with van der Waals surface area (Å²) < 4.78 is 11.3. The van der Waals surface area contributed by atoms with Crippen molar-refractivity contribution in [1.82, 2.24) is 15.5 Å². The molecule has 0 fully saturated rings. The fourth-order valence-electron chi connectivity index (χ4n) is 5.57. The lowest BCUT2D eigenvalue weighted by Crippen LogP contribution is -2.55. The summed E-state index contributed by atoms with van der Waals surface area (Å²) in [5, 5.41) is 15.9. The van der Waals surface area contributed by atoms with Crippen LogP contribution in [0.1, 0.15) is 96.9 Å². The van der Waals surface area contributed by atoms with Crippen LogP contribution in [0.3, 0.4) is 0 Å². The third kappa shape index (κ3) is 14.1. The Morgan fingerprint density at radius 1 is 0.686 bits per heavy atom. The van der Waals surface area contributed by atoms with Gasteiger partial charge in [0.2, 0.25) is 11.8 Å². The number of rotatable bonds is 16. The molecular formula is C41H55N3O7. The summed E-state index contributed by atoms with van der Waals surface area (Å²) in [4.78, 5) is 57.7. The Balaban J connectivity index is 2.11. The van der Waals surface area contributed by atoms with Crippen LogP contribution in [-0.4, -0.2) is 63.7 Å². The zero-order chi connectivity index (χ0) is 37.6. The number of alkyl carbamates (subject to hydrolysis) is 1. The molecule has 51 heavy (non-hydrogen) atoms. The number of ether oxygens (including phenoxy) is 2. The van der Waals surface area contributed by atoms with Crippen molar-refractivity contribution in [3.8, 4) is 5.75 Å². The standard InChI is InChI=1S/C41H55N3O7/c1-8-9-10-17-26-44(37(47)33(27-29-18-13-11-14-19-29)43-39(49)51-41(5,6)7)35(31-22-24-32(45)25-23-31)36(46)42-34(38(48)50-40(2,3)4)28-30-20-15-12-16-21-30/h11-16,18-25,33-35,45H,8-10,17,26-28H2,1-7H3,(H,42,46)(H,43,49). The van der Waals surface area contributed by atoms with Crippen molar-refractivity contribution in [3.63, 3.8) is 0 Å². The number of benzene rings is 3. The summed E-state index contributed by atoms with van der Waals surface area (Å²) >= 11 is 0. The molecule has 3 amide bonds. The molecule has 3 N–H and O–H groups in total. The summed E-state index contributed by atoms with van der Waals surface area (Å²) in [6.07, 6.45) is 2.82. The fourth-order valence-corrected chi connectivity index (χ4v) is 5.57. The van der Waals surface area contributed by atoms with E-state index in [1.807, 2.05) is 60.7 Å². The maximum Gasteiger partial charge on any atom is 0.408 e. The van der Waals surface area contributed by atoms with Crippen molar-refractivity contribution in [2.75, 3.05) is 6.54 Å². The maximum atomic E-state index is 14.8. The number of nitrogens with zero attached hydrogens (tertiary/aromatic N) is 1. The minimum absolute atomic E-state index is 0.0111. The van der Waals surface area contributed by atoms with Crippen molar-refractivity contribution in [3.05, 3.63) is 102 Å². The van der Waals surface area contributed by atoms with Crippen molar-refractivity contribution in [2.24, 2.45) is 0 Å². The van der Waals surface area contributed by atoms with Gasteiger partial charge in [0.05, 0.1) is 0 Å². The smallest absolute Gasteiger partial charge is 0.408 e. The number of carbonyl (C=O) groups excluding carboxylic acids is 4. The number of esters is 1. The molecule has 0 aliphatic carbocycles. The number of hydrogen-bond donors (Lipinski definition) is 3. The fraction of sp³-hybridized carbons (Fsp3) is 0.463. The van der Waals surface area contributed by atoms with Gasteiger partial charge in [-0.05, 0) is 76.8 Å². The van der Waals surface area contributed by atoms with Crippen LogP contribution in [0.2, 0.25) is 0 Å². The predicted octanol–water partition coefficient (Wildman–Crippen LogP) is 7.05. The van der Waals surface area contributed by atoms with Crippen molar-refractivity contribution < 1.29 is 33.8 Å². The Morgan fingerprint density at radius 2 is 1.22 bits per heavy atom. The summed E-state index contributed by atoms with van der Waals surface area (Å²) in [6.45, 7) is 12.8. The van der Waals surface area contributed by atoms with Gasteiger partial charge in [-0.3, -0.25) is 9.59 Å². The van der Waals surface area contributed by atoms with E-state index in [-0.39, 0.29) is 25.1 Å². The monoisotopic (exact) mass is 701 g/mol. The van der Waals surface area contributed by atoms with E-state index in [2.05, 4.69) is 17.6 Å². The molecule has 0 bridgehead atoms. The molecule has 10 heteroatoms. The van der Waals surface area contributed by atoms with E-state index in [9.17, 15) is 24.3 Å². The molecule has 0 radical (unpaired) electrons. The van der Waals surface area contributed by atoms with E-state index in [1.54, 1.807) is 53.7 Å². The highest BCUT2D eigenvalue weighted by Gasteiger charge is 2.38. The second kappa shape index (κ2) is 18.9.